The Hall–Kier alpha value is -2.38. The summed E-state index contributed by atoms with van der Waals surface area (Å²) in [5.41, 5.74) is 1.66. The van der Waals surface area contributed by atoms with E-state index in [0.717, 1.165) is 19.6 Å². The highest BCUT2D eigenvalue weighted by atomic mass is 32.1. The number of esters is 1. The molecule has 0 spiro atoms. The van der Waals surface area contributed by atoms with Crippen molar-refractivity contribution in [1.82, 2.24) is 15.2 Å². The van der Waals surface area contributed by atoms with E-state index in [-0.39, 0.29) is 12.5 Å². The molecule has 154 valence electrons. The van der Waals surface area contributed by atoms with E-state index in [9.17, 15) is 9.59 Å². The van der Waals surface area contributed by atoms with Crippen molar-refractivity contribution in [2.45, 2.75) is 37.1 Å². The Morgan fingerprint density at radius 3 is 2.55 bits per heavy atom. The van der Waals surface area contributed by atoms with Gasteiger partial charge in [-0.05, 0) is 50.6 Å². The van der Waals surface area contributed by atoms with E-state index in [1.165, 1.54) is 11.8 Å². The van der Waals surface area contributed by atoms with Crippen LogP contribution in [0.15, 0.2) is 54.9 Å². The smallest absolute Gasteiger partial charge is 0.330 e. The lowest BCUT2D eigenvalue weighted by molar-refractivity contribution is -0.146. The fraction of sp³-hybridized carbons (Fsp3) is 0.409. The molecule has 1 aromatic carbocycles. The number of hydrogen-bond acceptors (Lipinski definition) is 6. The van der Waals surface area contributed by atoms with E-state index in [2.05, 4.69) is 27.3 Å². The summed E-state index contributed by atoms with van der Waals surface area (Å²) in [4.78, 5) is 31.6. The Morgan fingerprint density at radius 1 is 1.21 bits per heavy atom. The van der Waals surface area contributed by atoms with E-state index in [1.54, 1.807) is 25.3 Å². The molecule has 1 unspecified atom stereocenters. The molecular weight excluding hydrogens is 386 g/mol. The molecule has 1 fully saturated rings. The van der Waals surface area contributed by atoms with Crippen molar-refractivity contribution >= 4 is 24.5 Å². The summed E-state index contributed by atoms with van der Waals surface area (Å²) in [6.45, 7) is 4.44. The predicted molar refractivity (Wildman–Crippen MR) is 115 cm³/mol. The molecule has 3 rings (SSSR count). The summed E-state index contributed by atoms with van der Waals surface area (Å²) in [6.07, 6.45) is 4.41. The zero-order chi connectivity index (χ0) is 20.7. The van der Waals surface area contributed by atoms with Crippen molar-refractivity contribution in [2.24, 2.45) is 0 Å². The van der Waals surface area contributed by atoms with E-state index in [4.69, 9.17) is 17.4 Å². The van der Waals surface area contributed by atoms with Gasteiger partial charge in [0.25, 0.3) is 5.91 Å². The van der Waals surface area contributed by atoms with Crippen molar-refractivity contribution < 1.29 is 14.3 Å². The number of ether oxygens (including phenoxy) is 1. The molecule has 1 aliphatic heterocycles. The zero-order valence-electron chi connectivity index (χ0n) is 16.6. The van der Waals surface area contributed by atoms with Crippen LogP contribution in [0.2, 0.25) is 0 Å². The minimum atomic E-state index is -0.822. The normalized spacial score (nSPS) is 17.3. The number of hydrogen-bond donors (Lipinski definition) is 2. The summed E-state index contributed by atoms with van der Waals surface area (Å²) in [5.74, 6) is -0.799. The molecule has 0 radical (unpaired) electrons. The molecule has 29 heavy (non-hydrogen) atoms. The van der Waals surface area contributed by atoms with Gasteiger partial charge >= 0.3 is 5.97 Å². The molecule has 0 saturated carbocycles. The monoisotopic (exact) mass is 413 g/mol. The third-order valence-electron chi connectivity index (χ3n) is 5.23. The van der Waals surface area contributed by atoms with Crippen molar-refractivity contribution in [3.05, 3.63) is 66.0 Å². The number of carbonyl (C=O) groups is 2. The van der Waals surface area contributed by atoms with Crippen molar-refractivity contribution in [2.75, 3.05) is 19.7 Å². The Kier molecular flexibility index (Phi) is 7.28. The topological polar surface area (TPSA) is 71.5 Å². The van der Waals surface area contributed by atoms with Gasteiger partial charge in [-0.2, -0.15) is 12.6 Å². The molecule has 1 amide bonds. The van der Waals surface area contributed by atoms with Gasteiger partial charge in [-0.3, -0.25) is 14.7 Å². The van der Waals surface area contributed by atoms with Crippen LogP contribution in [-0.2, 0) is 16.1 Å². The molecule has 2 aromatic rings. The van der Waals surface area contributed by atoms with Crippen LogP contribution in [0, 0.1) is 0 Å². The van der Waals surface area contributed by atoms with Crippen molar-refractivity contribution in [3.8, 4) is 0 Å². The quantitative estimate of drug-likeness (QED) is 0.539. The summed E-state index contributed by atoms with van der Waals surface area (Å²) in [6, 6.07) is 12.8. The molecule has 1 aliphatic rings. The number of rotatable bonds is 7. The largest absolute Gasteiger partial charge is 0.464 e. The number of thiol groups is 1. The average molecular weight is 414 g/mol. The van der Waals surface area contributed by atoms with Gasteiger partial charge in [0.1, 0.15) is 6.04 Å². The number of nitrogens with one attached hydrogen (secondary N) is 1. The van der Waals surface area contributed by atoms with Crippen LogP contribution >= 0.6 is 12.6 Å². The van der Waals surface area contributed by atoms with E-state index >= 15 is 0 Å². The molecule has 1 aromatic heterocycles. The number of aromatic nitrogens is 1. The van der Waals surface area contributed by atoms with Gasteiger partial charge in [-0.25, -0.2) is 4.79 Å². The van der Waals surface area contributed by atoms with Crippen LogP contribution < -0.4 is 5.32 Å². The fourth-order valence-electron chi connectivity index (χ4n) is 3.58. The molecular formula is C22H27N3O3S. The number of pyridine rings is 1. The number of likely N-dealkylation sites (tertiary alicyclic amines) is 1. The Morgan fingerprint density at radius 2 is 1.93 bits per heavy atom. The van der Waals surface area contributed by atoms with Gasteiger partial charge in [0.2, 0.25) is 0 Å². The summed E-state index contributed by atoms with van der Waals surface area (Å²) in [7, 11) is 0. The molecule has 0 aliphatic carbocycles. The van der Waals surface area contributed by atoms with Crippen molar-refractivity contribution in [3.63, 3.8) is 0 Å². The third kappa shape index (κ3) is 5.58. The van der Waals surface area contributed by atoms with Crippen molar-refractivity contribution in [1.29, 1.82) is 0 Å². The Balaban J connectivity index is 1.68. The zero-order valence-corrected chi connectivity index (χ0v) is 17.5. The maximum Gasteiger partial charge on any atom is 0.330 e. The third-order valence-corrected chi connectivity index (χ3v) is 5.94. The van der Waals surface area contributed by atoms with E-state index < -0.39 is 16.8 Å². The second-order valence-electron chi connectivity index (χ2n) is 7.27. The standard InChI is InChI=1S/C22H27N3O3S/c1-2-28-21(27)19(24-20(26)18-9-6-12-23-15-18)22(29)10-13-25(14-11-22)16-17-7-4-3-5-8-17/h3-9,12,15,19,29H,2,10-11,13-14,16H2,1H3,(H,24,26). The average Bonchev–Trinajstić information content (AvgIpc) is 2.75. The van der Waals surface area contributed by atoms with Crippen LogP contribution in [-0.4, -0.2) is 52.2 Å². The summed E-state index contributed by atoms with van der Waals surface area (Å²) < 4.78 is 4.58. The SMILES string of the molecule is CCOC(=O)C(NC(=O)c1cccnc1)C1(S)CCN(Cc2ccccc2)CC1. The Labute approximate surface area is 177 Å². The molecule has 1 N–H and O–H groups in total. The lowest BCUT2D eigenvalue weighted by Crippen LogP contribution is -2.58. The summed E-state index contributed by atoms with van der Waals surface area (Å²) >= 11 is 4.87. The van der Waals surface area contributed by atoms with E-state index in [1.807, 2.05) is 18.2 Å². The lowest BCUT2D eigenvalue weighted by atomic mass is 9.87. The first-order valence-electron chi connectivity index (χ1n) is 9.88. The number of nitrogens with zero attached hydrogens (tertiary/aromatic N) is 2. The van der Waals surface area contributed by atoms with Crippen LogP contribution in [0.4, 0.5) is 0 Å². The molecule has 1 atom stereocenters. The molecule has 1 saturated heterocycles. The van der Waals surface area contributed by atoms with Gasteiger partial charge in [0, 0.05) is 23.7 Å². The molecule has 0 bridgehead atoms. The Bertz CT molecular complexity index is 809. The fourth-order valence-corrected chi connectivity index (χ4v) is 3.95. The van der Waals surface area contributed by atoms with Gasteiger partial charge in [0.05, 0.1) is 12.2 Å². The number of amides is 1. The van der Waals surface area contributed by atoms with Crippen LogP contribution in [0.3, 0.4) is 0 Å². The lowest BCUT2D eigenvalue weighted by Gasteiger charge is -2.42. The highest BCUT2D eigenvalue weighted by Gasteiger charge is 2.44. The van der Waals surface area contributed by atoms with Gasteiger partial charge < -0.3 is 10.1 Å². The maximum atomic E-state index is 12.7. The highest BCUT2D eigenvalue weighted by molar-refractivity contribution is 7.82. The van der Waals surface area contributed by atoms with Crippen LogP contribution in [0.25, 0.3) is 0 Å². The maximum absolute atomic E-state index is 12.7. The van der Waals surface area contributed by atoms with Gasteiger partial charge in [-0.15, -0.1) is 0 Å². The second-order valence-corrected chi connectivity index (χ2v) is 8.16. The highest BCUT2D eigenvalue weighted by Crippen LogP contribution is 2.34. The van der Waals surface area contributed by atoms with Crippen LogP contribution in [0.1, 0.15) is 35.7 Å². The minimum Gasteiger partial charge on any atom is -0.464 e. The molecule has 7 heteroatoms. The van der Waals surface area contributed by atoms with Crippen LogP contribution in [0.5, 0.6) is 0 Å². The first-order valence-corrected chi connectivity index (χ1v) is 10.3. The first kappa shape index (κ1) is 21.3. The van der Waals surface area contributed by atoms with Gasteiger partial charge in [-0.1, -0.05) is 30.3 Å². The summed E-state index contributed by atoms with van der Waals surface area (Å²) in [5, 5.41) is 2.84. The number of carbonyl (C=O) groups excluding carboxylic acids is 2. The van der Waals surface area contributed by atoms with Gasteiger partial charge in [0.15, 0.2) is 0 Å². The predicted octanol–water partition coefficient (Wildman–Crippen LogP) is 2.71. The number of benzene rings is 1. The van der Waals surface area contributed by atoms with E-state index in [0.29, 0.717) is 18.4 Å². The number of piperidine rings is 1. The first-order chi connectivity index (χ1) is 14.0. The molecule has 2 heterocycles. The molecule has 6 nitrogen and oxygen atoms in total. The second kappa shape index (κ2) is 9.89. The minimum absolute atomic E-state index is 0.252.